The van der Waals surface area contributed by atoms with E-state index in [-0.39, 0.29) is 0 Å². The van der Waals surface area contributed by atoms with Crippen LogP contribution in [0.4, 0.5) is 5.82 Å². The molecule has 0 aromatic carbocycles. The van der Waals surface area contributed by atoms with Crippen molar-refractivity contribution in [3.05, 3.63) is 12.4 Å². The van der Waals surface area contributed by atoms with Gasteiger partial charge in [0.2, 0.25) is 5.96 Å². The molecule has 2 rings (SSSR count). The molecular formula is C9H13N5S. The van der Waals surface area contributed by atoms with E-state index in [4.69, 9.17) is 0 Å². The molecule has 0 bridgehead atoms. The highest BCUT2D eigenvalue weighted by Gasteiger charge is 2.14. The van der Waals surface area contributed by atoms with E-state index in [1.807, 2.05) is 0 Å². The molecule has 6 heteroatoms. The number of guanidine groups is 1. The molecule has 0 saturated heterocycles. The van der Waals surface area contributed by atoms with Crippen molar-refractivity contribution in [1.29, 1.82) is 0 Å². The van der Waals surface area contributed by atoms with Gasteiger partial charge in [0.15, 0.2) is 10.8 Å². The predicted octanol–water partition coefficient (Wildman–Crippen LogP) is 1.46. The molecule has 0 radical (unpaired) electrons. The van der Waals surface area contributed by atoms with Gasteiger partial charge in [-0.05, 0) is 13.3 Å². The molecule has 0 aliphatic carbocycles. The summed E-state index contributed by atoms with van der Waals surface area (Å²) in [5.74, 6) is 1.43. The number of aromatic nitrogens is 2. The Balaban J connectivity index is 2.15. The standard InChI is InChI=1S/C9H13N5S/c1-3-6(2)12-9-13-7-8(15-14-9)11-5-4-10-7/h4-6H,3H2,1-2H3,(H2,10,12,13,14). The molecule has 2 N–H and O–H groups in total. The number of fused-ring (bicyclic) bond motifs is 1. The molecule has 1 aliphatic heterocycles. The minimum atomic E-state index is 0.398. The van der Waals surface area contributed by atoms with E-state index >= 15 is 0 Å². The topological polar surface area (TPSA) is 62.2 Å². The van der Waals surface area contributed by atoms with E-state index in [1.54, 1.807) is 12.4 Å². The lowest BCUT2D eigenvalue weighted by Gasteiger charge is -2.19. The number of hydrogen-bond acceptors (Lipinski definition) is 6. The summed E-state index contributed by atoms with van der Waals surface area (Å²) in [6, 6.07) is 0.398. The van der Waals surface area contributed by atoms with Crippen LogP contribution in [0, 0.1) is 0 Å². The molecule has 0 amide bonds. The van der Waals surface area contributed by atoms with Gasteiger partial charge >= 0.3 is 0 Å². The monoisotopic (exact) mass is 223 g/mol. The summed E-state index contributed by atoms with van der Waals surface area (Å²) in [5, 5.41) is 4.07. The first-order valence-corrected chi connectivity index (χ1v) is 5.70. The van der Waals surface area contributed by atoms with Gasteiger partial charge in [-0.3, -0.25) is 4.72 Å². The van der Waals surface area contributed by atoms with Gasteiger partial charge in [-0.2, -0.15) is 4.99 Å². The molecule has 15 heavy (non-hydrogen) atoms. The van der Waals surface area contributed by atoms with Crippen molar-refractivity contribution >= 4 is 23.7 Å². The van der Waals surface area contributed by atoms with Gasteiger partial charge in [-0.25, -0.2) is 9.97 Å². The van der Waals surface area contributed by atoms with Gasteiger partial charge in [0.05, 0.1) is 0 Å². The van der Waals surface area contributed by atoms with Crippen molar-refractivity contribution in [2.45, 2.75) is 31.3 Å². The molecule has 1 unspecified atom stereocenters. The second kappa shape index (κ2) is 4.48. The molecule has 1 aromatic heterocycles. The third-order valence-electron chi connectivity index (χ3n) is 2.10. The Kier molecular flexibility index (Phi) is 3.05. The maximum absolute atomic E-state index is 4.33. The normalized spacial score (nSPS) is 16.0. The van der Waals surface area contributed by atoms with Crippen molar-refractivity contribution in [2.75, 3.05) is 0 Å². The van der Waals surface area contributed by atoms with Crippen LogP contribution in [0.15, 0.2) is 22.4 Å². The Hall–Kier alpha value is -1.30. The third kappa shape index (κ3) is 2.38. The highest BCUT2D eigenvalue weighted by Crippen LogP contribution is 2.25. The van der Waals surface area contributed by atoms with Crippen LogP contribution in [0.2, 0.25) is 0 Å². The van der Waals surface area contributed by atoms with Crippen molar-refractivity contribution in [3.63, 3.8) is 0 Å². The van der Waals surface area contributed by atoms with Crippen molar-refractivity contribution < 1.29 is 0 Å². The van der Waals surface area contributed by atoms with Gasteiger partial charge in [0, 0.05) is 30.4 Å². The summed E-state index contributed by atoms with van der Waals surface area (Å²) in [5.41, 5.74) is 0. The summed E-state index contributed by atoms with van der Waals surface area (Å²) in [6.07, 6.45) is 4.36. The van der Waals surface area contributed by atoms with Gasteiger partial charge in [-0.1, -0.05) is 6.92 Å². The van der Waals surface area contributed by atoms with Crippen molar-refractivity contribution in [1.82, 2.24) is 20.0 Å². The summed E-state index contributed by atoms with van der Waals surface area (Å²) in [6.45, 7) is 4.24. The zero-order valence-electron chi connectivity index (χ0n) is 8.69. The average Bonchev–Trinajstić information content (AvgIpc) is 2.29. The first kappa shape index (κ1) is 10.2. The first-order valence-electron chi connectivity index (χ1n) is 4.88. The van der Waals surface area contributed by atoms with Crippen LogP contribution in [-0.2, 0) is 0 Å². The van der Waals surface area contributed by atoms with E-state index in [2.05, 4.69) is 38.8 Å². The fraction of sp³-hybridized carbons (Fsp3) is 0.444. The molecule has 1 atom stereocenters. The second-order valence-corrected chi connectivity index (χ2v) is 4.10. The average molecular weight is 223 g/mol. The number of hydrogen-bond donors (Lipinski definition) is 2. The molecular weight excluding hydrogens is 210 g/mol. The molecule has 5 nitrogen and oxygen atoms in total. The van der Waals surface area contributed by atoms with Crippen LogP contribution in [0.25, 0.3) is 0 Å². The van der Waals surface area contributed by atoms with E-state index in [0.29, 0.717) is 11.9 Å². The molecule has 0 fully saturated rings. The summed E-state index contributed by atoms with van der Waals surface area (Å²) in [7, 11) is 0. The SMILES string of the molecule is CCC(C)NC1=Nc2nccnc2SN1. The number of rotatable bonds is 2. The molecule has 1 aromatic rings. The van der Waals surface area contributed by atoms with E-state index in [0.717, 1.165) is 17.4 Å². The largest absolute Gasteiger partial charge is 0.353 e. The van der Waals surface area contributed by atoms with E-state index < -0.39 is 0 Å². The maximum atomic E-state index is 4.33. The maximum Gasteiger partial charge on any atom is 0.208 e. The van der Waals surface area contributed by atoms with Crippen LogP contribution in [0.5, 0.6) is 0 Å². The van der Waals surface area contributed by atoms with Crippen molar-refractivity contribution in [3.8, 4) is 0 Å². The van der Waals surface area contributed by atoms with E-state index in [1.165, 1.54) is 11.9 Å². The minimum Gasteiger partial charge on any atom is -0.353 e. The summed E-state index contributed by atoms with van der Waals surface area (Å²) >= 11 is 1.43. The molecule has 0 spiro atoms. The van der Waals surface area contributed by atoms with E-state index in [9.17, 15) is 0 Å². The smallest absolute Gasteiger partial charge is 0.208 e. The number of nitrogens with zero attached hydrogens (tertiary/aromatic N) is 3. The second-order valence-electron chi connectivity index (χ2n) is 3.30. The Morgan fingerprint density at radius 1 is 1.47 bits per heavy atom. The Morgan fingerprint density at radius 3 is 3.07 bits per heavy atom. The highest BCUT2D eigenvalue weighted by atomic mass is 32.2. The quantitative estimate of drug-likeness (QED) is 0.743. The lowest BCUT2D eigenvalue weighted by molar-refractivity contribution is 0.635. The van der Waals surface area contributed by atoms with Gasteiger partial charge < -0.3 is 5.32 Å². The molecule has 0 saturated carbocycles. The van der Waals surface area contributed by atoms with Crippen LogP contribution in [0.1, 0.15) is 20.3 Å². The first-order chi connectivity index (χ1) is 7.29. The van der Waals surface area contributed by atoms with Gasteiger partial charge in [0.1, 0.15) is 0 Å². The molecule has 2 heterocycles. The fourth-order valence-corrected chi connectivity index (χ4v) is 1.69. The predicted molar refractivity (Wildman–Crippen MR) is 61.0 cm³/mol. The molecule has 1 aliphatic rings. The van der Waals surface area contributed by atoms with Gasteiger partial charge in [-0.15, -0.1) is 0 Å². The summed E-state index contributed by atoms with van der Waals surface area (Å²) < 4.78 is 3.09. The number of nitrogens with one attached hydrogen (secondary N) is 2. The Bertz CT molecular complexity index is 379. The zero-order valence-corrected chi connectivity index (χ0v) is 9.51. The van der Waals surface area contributed by atoms with Crippen LogP contribution in [0.3, 0.4) is 0 Å². The Labute approximate surface area is 92.9 Å². The lowest BCUT2D eigenvalue weighted by atomic mass is 10.3. The Morgan fingerprint density at radius 2 is 2.27 bits per heavy atom. The lowest BCUT2D eigenvalue weighted by Crippen LogP contribution is -2.40. The zero-order chi connectivity index (χ0) is 10.7. The van der Waals surface area contributed by atoms with Crippen LogP contribution in [-0.4, -0.2) is 22.0 Å². The van der Waals surface area contributed by atoms with Gasteiger partial charge in [0.25, 0.3) is 0 Å². The third-order valence-corrected chi connectivity index (χ3v) is 2.88. The van der Waals surface area contributed by atoms with Crippen LogP contribution >= 0.6 is 11.9 Å². The van der Waals surface area contributed by atoms with Crippen LogP contribution < -0.4 is 10.0 Å². The molecule has 80 valence electrons. The number of aliphatic imine (C=N–C) groups is 1. The summed E-state index contributed by atoms with van der Waals surface area (Å²) in [4.78, 5) is 12.6. The van der Waals surface area contributed by atoms with Crippen molar-refractivity contribution in [2.24, 2.45) is 4.99 Å². The fourth-order valence-electron chi connectivity index (χ4n) is 1.09. The minimum absolute atomic E-state index is 0.398. The highest BCUT2D eigenvalue weighted by molar-refractivity contribution is 7.98.